The maximum atomic E-state index is 10.7. The molecular formula is C7H6ClNO5S. The number of hydrogen-bond acceptors (Lipinski definition) is 5. The van der Waals surface area contributed by atoms with Crippen LogP contribution in [0.1, 0.15) is 5.56 Å². The number of rotatable bonds is 4. The van der Waals surface area contributed by atoms with Crippen LogP contribution in [0.4, 0.5) is 0 Å². The monoisotopic (exact) mass is 251 g/mol. The molecule has 1 aromatic rings. The summed E-state index contributed by atoms with van der Waals surface area (Å²) >= 11 is 0. The highest BCUT2D eigenvalue weighted by atomic mass is 35.7. The van der Waals surface area contributed by atoms with E-state index < -0.39 is 14.1 Å². The molecule has 0 heterocycles. The van der Waals surface area contributed by atoms with E-state index in [1.165, 1.54) is 24.3 Å². The third-order valence-electron chi connectivity index (χ3n) is 1.44. The lowest BCUT2D eigenvalue weighted by molar-refractivity contribution is -0.711. The standard InChI is InChI=1S/C7H6ClNO5S/c8-15(12,13)5-6-1-3-7(4-2-6)14-9(10)11/h1-4H,5H2. The van der Waals surface area contributed by atoms with E-state index in [-0.39, 0.29) is 11.5 Å². The van der Waals surface area contributed by atoms with Crippen molar-refractivity contribution < 1.29 is 18.3 Å². The molecule has 0 saturated heterocycles. The van der Waals surface area contributed by atoms with Crippen LogP contribution in [0.2, 0.25) is 0 Å². The second-order valence-corrected chi connectivity index (χ2v) is 5.42. The highest BCUT2D eigenvalue weighted by Crippen LogP contribution is 2.15. The van der Waals surface area contributed by atoms with Crippen LogP contribution in [-0.2, 0) is 14.8 Å². The summed E-state index contributed by atoms with van der Waals surface area (Å²) in [6.07, 6.45) is 0. The minimum Gasteiger partial charge on any atom is -0.276 e. The molecule has 82 valence electrons. The second kappa shape index (κ2) is 4.45. The smallest absolute Gasteiger partial charge is 0.276 e. The molecule has 0 aliphatic carbocycles. The zero-order valence-corrected chi connectivity index (χ0v) is 8.86. The molecule has 0 saturated carbocycles. The SMILES string of the molecule is O=[N+]([O-])Oc1ccc(CS(=O)(=O)Cl)cc1. The zero-order chi connectivity index (χ0) is 11.5. The van der Waals surface area contributed by atoms with Gasteiger partial charge in [-0.25, -0.2) is 8.42 Å². The topological polar surface area (TPSA) is 86.5 Å². The minimum absolute atomic E-state index is 0.0238. The first kappa shape index (κ1) is 11.7. The van der Waals surface area contributed by atoms with Gasteiger partial charge < -0.3 is 0 Å². The summed E-state index contributed by atoms with van der Waals surface area (Å²) in [6.45, 7) is 0. The van der Waals surface area contributed by atoms with E-state index in [0.29, 0.717) is 5.56 Å². The summed E-state index contributed by atoms with van der Waals surface area (Å²) in [5.41, 5.74) is 0.431. The highest BCUT2D eigenvalue weighted by Gasteiger charge is 2.07. The first-order valence-corrected chi connectivity index (χ1v) is 6.18. The van der Waals surface area contributed by atoms with E-state index in [1.54, 1.807) is 0 Å². The maximum absolute atomic E-state index is 10.7. The van der Waals surface area contributed by atoms with Crippen LogP contribution in [0.15, 0.2) is 24.3 Å². The van der Waals surface area contributed by atoms with Crippen LogP contribution in [-0.4, -0.2) is 13.5 Å². The van der Waals surface area contributed by atoms with Crippen LogP contribution < -0.4 is 4.84 Å². The number of hydrogen-bond donors (Lipinski definition) is 0. The Labute approximate surface area is 89.9 Å². The van der Waals surface area contributed by atoms with Gasteiger partial charge in [0.05, 0.1) is 5.75 Å². The summed E-state index contributed by atoms with van der Waals surface area (Å²) in [6, 6.07) is 5.36. The molecule has 1 aromatic carbocycles. The lowest BCUT2D eigenvalue weighted by Crippen LogP contribution is -2.03. The van der Waals surface area contributed by atoms with E-state index in [1.807, 2.05) is 0 Å². The predicted molar refractivity (Wildman–Crippen MR) is 52.5 cm³/mol. The average molecular weight is 252 g/mol. The minimum atomic E-state index is -3.62. The zero-order valence-electron chi connectivity index (χ0n) is 7.29. The first-order valence-electron chi connectivity index (χ1n) is 3.70. The van der Waals surface area contributed by atoms with Gasteiger partial charge in [-0.1, -0.05) is 12.1 Å². The van der Waals surface area contributed by atoms with Crippen LogP contribution in [0, 0.1) is 10.1 Å². The molecule has 15 heavy (non-hydrogen) atoms. The fraction of sp³-hybridized carbons (Fsp3) is 0.143. The van der Waals surface area contributed by atoms with Gasteiger partial charge in [-0.05, 0) is 17.7 Å². The van der Waals surface area contributed by atoms with Crippen molar-refractivity contribution in [3.63, 3.8) is 0 Å². The Hall–Kier alpha value is -1.34. The van der Waals surface area contributed by atoms with Crippen molar-refractivity contribution >= 4 is 19.7 Å². The van der Waals surface area contributed by atoms with Gasteiger partial charge in [0.2, 0.25) is 9.05 Å². The van der Waals surface area contributed by atoms with E-state index in [4.69, 9.17) is 10.7 Å². The Bertz CT molecular complexity index is 455. The van der Waals surface area contributed by atoms with Crippen molar-refractivity contribution in [3.05, 3.63) is 39.9 Å². The summed E-state index contributed by atoms with van der Waals surface area (Å²) in [4.78, 5) is 14.1. The summed E-state index contributed by atoms with van der Waals surface area (Å²) in [7, 11) is 1.41. The molecule has 8 heteroatoms. The van der Waals surface area contributed by atoms with E-state index >= 15 is 0 Å². The van der Waals surface area contributed by atoms with Crippen LogP contribution in [0.5, 0.6) is 5.75 Å². The molecule has 0 spiro atoms. The molecule has 0 unspecified atom stereocenters. The molecule has 0 bridgehead atoms. The van der Waals surface area contributed by atoms with E-state index in [2.05, 4.69) is 4.84 Å². The fourth-order valence-electron chi connectivity index (χ4n) is 0.932. The first-order chi connectivity index (χ1) is 6.87. The van der Waals surface area contributed by atoms with Crippen LogP contribution in [0.3, 0.4) is 0 Å². The lowest BCUT2D eigenvalue weighted by atomic mass is 10.2. The highest BCUT2D eigenvalue weighted by molar-refractivity contribution is 8.13. The third-order valence-corrected chi connectivity index (χ3v) is 2.45. The van der Waals surface area contributed by atoms with Gasteiger partial charge in [-0.2, -0.15) is 0 Å². The number of nitrogens with zero attached hydrogens (tertiary/aromatic N) is 1. The van der Waals surface area contributed by atoms with Crippen molar-refractivity contribution in [3.8, 4) is 5.75 Å². The Morgan fingerprint density at radius 2 is 1.87 bits per heavy atom. The van der Waals surface area contributed by atoms with Crippen molar-refractivity contribution in [2.45, 2.75) is 5.75 Å². The Morgan fingerprint density at radius 1 is 1.33 bits per heavy atom. The van der Waals surface area contributed by atoms with Gasteiger partial charge in [-0.15, -0.1) is 10.1 Å². The summed E-state index contributed by atoms with van der Waals surface area (Å²) in [5, 5.41) is 9.00. The van der Waals surface area contributed by atoms with Crippen molar-refractivity contribution in [2.24, 2.45) is 0 Å². The van der Waals surface area contributed by atoms with Gasteiger partial charge >= 0.3 is 0 Å². The van der Waals surface area contributed by atoms with Crippen molar-refractivity contribution in [1.82, 2.24) is 0 Å². The molecule has 0 aliphatic heterocycles. The maximum Gasteiger partial charge on any atom is 0.299 e. The van der Waals surface area contributed by atoms with E-state index in [9.17, 15) is 18.5 Å². The number of benzene rings is 1. The van der Waals surface area contributed by atoms with Gasteiger partial charge in [-0.3, -0.25) is 4.84 Å². The normalized spacial score (nSPS) is 11.0. The Balaban J connectivity index is 2.77. The van der Waals surface area contributed by atoms with Gasteiger partial charge in [0.15, 0.2) is 0 Å². The van der Waals surface area contributed by atoms with E-state index in [0.717, 1.165) is 0 Å². The molecule has 0 amide bonds. The lowest BCUT2D eigenvalue weighted by Gasteiger charge is -2.00. The van der Waals surface area contributed by atoms with Crippen molar-refractivity contribution in [1.29, 1.82) is 0 Å². The molecule has 0 aliphatic rings. The summed E-state index contributed by atoms with van der Waals surface area (Å²) < 4.78 is 21.4. The molecule has 0 aromatic heterocycles. The molecule has 6 nitrogen and oxygen atoms in total. The van der Waals surface area contributed by atoms with Gasteiger partial charge in [0.25, 0.3) is 5.09 Å². The van der Waals surface area contributed by atoms with Crippen LogP contribution in [0.25, 0.3) is 0 Å². The second-order valence-electron chi connectivity index (χ2n) is 2.64. The third kappa shape index (κ3) is 4.61. The Morgan fingerprint density at radius 3 is 2.27 bits per heavy atom. The molecular weight excluding hydrogens is 246 g/mol. The Kier molecular flexibility index (Phi) is 3.48. The molecule has 0 N–H and O–H groups in total. The molecule has 0 atom stereocenters. The van der Waals surface area contributed by atoms with Crippen LogP contribution >= 0.6 is 10.7 Å². The predicted octanol–water partition coefficient (Wildman–Crippen LogP) is 1.33. The van der Waals surface area contributed by atoms with Gasteiger partial charge in [0.1, 0.15) is 5.75 Å². The molecule has 0 fully saturated rings. The summed E-state index contributed by atoms with van der Waals surface area (Å²) in [5.74, 6) is -0.302. The van der Waals surface area contributed by atoms with Gasteiger partial charge in [0, 0.05) is 10.7 Å². The largest absolute Gasteiger partial charge is 0.299 e. The van der Waals surface area contributed by atoms with Crippen molar-refractivity contribution in [2.75, 3.05) is 0 Å². The quantitative estimate of drug-likeness (QED) is 0.458. The molecule has 0 radical (unpaired) electrons. The number of halogens is 1. The average Bonchev–Trinajstić information content (AvgIpc) is 2.05. The molecule has 1 rings (SSSR count). The fourth-order valence-corrected chi connectivity index (χ4v) is 1.90.